The molecule has 0 fully saturated rings. The molecule has 2 N–H and O–H groups in total. The molecule has 0 aromatic carbocycles. The summed E-state index contributed by atoms with van der Waals surface area (Å²) >= 11 is 0. The van der Waals surface area contributed by atoms with Crippen LogP contribution in [0.1, 0.15) is 32.0 Å². The Morgan fingerprint density at radius 1 is 1.36 bits per heavy atom. The van der Waals surface area contributed by atoms with E-state index in [0.29, 0.717) is 5.69 Å². The Morgan fingerprint density at radius 2 is 1.86 bits per heavy atom. The molecule has 0 bridgehead atoms. The lowest BCUT2D eigenvalue weighted by molar-refractivity contribution is 0.0165. The summed E-state index contributed by atoms with van der Waals surface area (Å²) in [6, 6.07) is 1.25. The van der Waals surface area contributed by atoms with Crippen LogP contribution in [0.25, 0.3) is 0 Å². The fourth-order valence-corrected chi connectivity index (χ4v) is 0.994. The van der Waals surface area contributed by atoms with Gasteiger partial charge in [0.15, 0.2) is 0 Å². The first-order valence-corrected chi connectivity index (χ1v) is 4.51. The first-order chi connectivity index (χ1) is 6.41. The molecule has 80 valence electrons. The van der Waals surface area contributed by atoms with Gasteiger partial charge in [0.05, 0.1) is 11.9 Å². The van der Waals surface area contributed by atoms with Crippen LogP contribution in [-0.4, -0.2) is 4.98 Å². The molecule has 1 aromatic rings. The lowest BCUT2D eigenvalue weighted by Gasteiger charge is -2.12. The predicted molar refractivity (Wildman–Crippen MR) is 54.3 cm³/mol. The molecule has 1 heterocycles. The maximum absolute atomic E-state index is 12.8. The second-order valence-corrected chi connectivity index (χ2v) is 2.79. The molecule has 4 heteroatoms. The van der Waals surface area contributed by atoms with E-state index < -0.39 is 5.92 Å². The number of hydrogen-bond donors (Lipinski definition) is 1. The van der Waals surface area contributed by atoms with Crippen LogP contribution >= 0.6 is 0 Å². The minimum Gasteiger partial charge on any atom is -0.397 e. The number of anilines is 1. The van der Waals surface area contributed by atoms with Crippen LogP contribution in [0.4, 0.5) is 14.5 Å². The Kier molecular flexibility index (Phi) is 4.47. The van der Waals surface area contributed by atoms with Crippen molar-refractivity contribution in [2.45, 2.75) is 33.6 Å². The van der Waals surface area contributed by atoms with Gasteiger partial charge in [-0.05, 0) is 13.0 Å². The summed E-state index contributed by atoms with van der Waals surface area (Å²) in [7, 11) is 0. The van der Waals surface area contributed by atoms with E-state index in [1.807, 2.05) is 13.8 Å². The van der Waals surface area contributed by atoms with Crippen molar-refractivity contribution in [2.24, 2.45) is 0 Å². The maximum atomic E-state index is 12.8. The summed E-state index contributed by atoms with van der Waals surface area (Å²) in [6.45, 7) is 6.36. The Morgan fingerprint density at radius 3 is 2.21 bits per heavy atom. The SMILES string of the molecule is CC.Cc1ncc(N)cc1C(C)(F)F. The molecule has 1 rings (SSSR count). The second kappa shape index (κ2) is 4.88. The van der Waals surface area contributed by atoms with Gasteiger partial charge in [0.1, 0.15) is 0 Å². The van der Waals surface area contributed by atoms with Gasteiger partial charge in [0, 0.05) is 18.2 Å². The highest BCUT2D eigenvalue weighted by Gasteiger charge is 2.26. The monoisotopic (exact) mass is 202 g/mol. The Hall–Kier alpha value is -1.19. The number of nitrogens with two attached hydrogens (primary N) is 1. The zero-order chi connectivity index (χ0) is 11.4. The number of nitrogen functional groups attached to an aromatic ring is 1. The van der Waals surface area contributed by atoms with Gasteiger partial charge in [-0.2, -0.15) is 0 Å². The second-order valence-electron chi connectivity index (χ2n) is 2.79. The molecule has 0 aliphatic carbocycles. The first kappa shape index (κ1) is 12.8. The molecule has 0 saturated heterocycles. The van der Waals surface area contributed by atoms with Crippen LogP contribution in [0.3, 0.4) is 0 Å². The summed E-state index contributed by atoms with van der Waals surface area (Å²) < 4.78 is 25.6. The van der Waals surface area contributed by atoms with Crippen LogP contribution in [0, 0.1) is 6.92 Å². The van der Waals surface area contributed by atoms with Crippen LogP contribution in [0.5, 0.6) is 0 Å². The molecular formula is C10H16F2N2. The van der Waals surface area contributed by atoms with Gasteiger partial charge in [-0.15, -0.1) is 0 Å². The first-order valence-electron chi connectivity index (χ1n) is 4.51. The van der Waals surface area contributed by atoms with E-state index in [1.165, 1.54) is 19.2 Å². The van der Waals surface area contributed by atoms with Gasteiger partial charge in [-0.25, -0.2) is 8.78 Å². The number of halogens is 2. The van der Waals surface area contributed by atoms with Gasteiger partial charge in [-0.3, -0.25) is 4.98 Å². The standard InChI is InChI=1S/C8H10F2N2.C2H6/c1-5-7(8(2,9)10)3-6(11)4-12-5;1-2/h3-4H,11H2,1-2H3;1-2H3. The van der Waals surface area contributed by atoms with Crippen molar-refractivity contribution in [3.63, 3.8) is 0 Å². The van der Waals surface area contributed by atoms with Crippen molar-refractivity contribution in [1.29, 1.82) is 0 Å². The van der Waals surface area contributed by atoms with Crippen LogP contribution in [0.2, 0.25) is 0 Å². The molecule has 0 atom stereocenters. The number of aromatic nitrogens is 1. The Bertz CT molecular complexity index is 293. The quantitative estimate of drug-likeness (QED) is 0.759. The molecule has 1 aromatic heterocycles. The van der Waals surface area contributed by atoms with E-state index in [0.717, 1.165) is 6.92 Å². The predicted octanol–water partition coefficient (Wildman–Crippen LogP) is 3.11. The summed E-state index contributed by atoms with van der Waals surface area (Å²) in [4.78, 5) is 3.74. The number of aryl methyl sites for hydroxylation is 1. The summed E-state index contributed by atoms with van der Waals surface area (Å²) in [6.07, 6.45) is 1.37. The number of hydrogen-bond acceptors (Lipinski definition) is 2. The van der Waals surface area contributed by atoms with Crippen molar-refractivity contribution in [1.82, 2.24) is 4.98 Å². The fraction of sp³-hybridized carbons (Fsp3) is 0.500. The topological polar surface area (TPSA) is 38.9 Å². The smallest absolute Gasteiger partial charge is 0.272 e. The van der Waals surface area contributed by atoms with Gasteiger partial charge in [0.2, 0.25) is 0 Å². The number of nitrogens with zero attached hydrogens (tertiary/aromatic N) is 1. The molecule has 0 spiro atoms. The maximum Gasteiger partial charge on any atom is 0.272 e. The van der Waals surface area contributed by atoms with Crippen molar-refractivity contribution >= 4 is 5.69 Å². The van der Waals surface area contributed by atoms with Crippen molar-refractivity contribution in [2.75, 3.05) is 5.73 Å². The molecule has 0 amide bonds. The normalized spacial score (nSPS) is 10.4. The zero-order valence-corrected chi connectivity index (χ0v) is 8.94. The van der Waals surface area contributed by atoms with Gasteiger partial charge in [-0.1, -0.05) is 13.8 Å². The van der Waals surface area contributed by atoms with Crippen LogP contribution in [0.15, 0.2) is 12.3 Å². The third-order valence-corrected chi connectivity index (χ3v) is 1.58. The summed E-state index contributed by atoms with van der Waals surface area (Å²) in [5, 5.41) is 0. The molecular weight excluding hydrogens is 186 g/mol. The van der Waals surface area contributed by atoms with Crippen LogP contribution in [-0.2, 0) is 5.92 Å². The van der Waals surface area contributed by atoms with E-state index >= 15 is 0 Å². The van der Waals surface area contributed by atoms with Crippen molar-refractivity contribution < 1.29 is 8.78 Å². The lowest BCUT2D eigenvalue weighted by Crippen LogP contribution is -2.11. The lowest BCUT2D eigenvalue weighted by atomic mass is 10.1. The van der Waals surface area contributed by atoms with E-state index in [4.69, 9.17) is 5.73 Å². The highest BCUT2D eigenvalue weighted by atomic mass is 19.3. The van der Waals surface area contributed by atoms with Gasteiger partial charge < -0.3 is 5.73 Å². The highest BCUT2D eigenvalue weighted by molar-refractivity contribution is 5.41. The third kappa shape index (κ3) is 3.28. The number of alkyl halides is 2. The average Bonchev–Trinajstić information content (AvgIpc) is 2.11. The minimum atomic E-state index is -2.87. The third-order valence-electron chi connectivity index (χ3n) is 1.58. The average molecular weight is 202 g/mol. The van der Waals surface area contributed by atoms with Crippen molar-refractivity contribution in [3.8, 4) is 0 Å². The van der Waals surface area contributed by atoms with Gasteiger partial charge in [0.25, 0.3) is 5.92 Å². The molecule has 0 saturated carbocycles. The number of pyridine rings is 1. The molecule has 0 radical (unpaired) electrons. The van der Waals surface area contributed by atoms with E-state index in [9.17, 15) is 8.78 Å². The van der Waals surface area contributed by atoms with Crippen LogP contribution < -0.4 is 5.73 Å². The molecule has 0 aliphatic heterocycles. The summed E-state index contributed by atoms with van der Waals surface area (Å²) in [5.41, 5.74) is 5.80. The number of rotatable bonds is 1. The summed E-state index contributed by atoms with van der Waals surface area (Å²) in [5.74, 6) is -2.87. The minimum absolute atomic E-state index is 0.109. The van der Waals surface area contributed by atoms with E-state index in [2.05, 4.69) is 4.98 Å². The Labute approximate surface area is 83.2 Å². The molecule has 14 heavy (non-hydrogen) atoms. The van der Waals surface area contributed by atoms with E-state index in [1.54, 1.807) is 0 Å². The van der Waals surface area contributed by atoms with Crippen molar-refractivity contribution in [3.05, 3.63) is 23.5 Å². The Balaban J connectivity index is 0.000000791. The van der Waals surface area contributed by atoms with E-state index in [-0.39, 0.29) is 11.3 Å². The molecule has 2 nitrogen and oxygen atoms in total. The fourth-order valence-electron chi connectivity index (χ4n) is 0.994. The molecule has 0 aliphatic rings. The largest absolute Gasteiger partial charge is 0.397 e. The highest BCUT2D eigenvalue weighted by Crippen LogP contribution is 2.29. The van der Waals surface area contributed by atoms with Gasteiger partial charge >= 0.3 is 0 Å². The molecule has 0 unspecified atom stereocenters. The zero-order valence-electron chi connectivity index (χ0n) is 8.94.